The second kappa shape index (κ2) is 11.3. The lowest BCUT2D eigenvalue weighted by molar-refractivity contribution is 0.228. The maximum Gasteiger partial charge on any atom is 0.0496 e. The summed E-state index contributed by atoms with van der Waals surface area (Å²) < 4.78 is 0. The Bertz CT molecular complexity index is 673. The molecule has 0 atom stereocenters. The molecule has 2 nitrogen and oxygen atoms in total. The van der Waals surface area contributed by atoms with Crippen molar-refractivity contribution in [2.45, 2.75) is 35.5 Å². The zero-order valence-electron chi connectivity index (χ0n) is 14.7. The normalized spacial score (nSPS) is 14.7. The minimum Gasteiger partial charge on any atom is -0.384 e. The van der Waals surface area contributed by atoms with Crippen LogP contribution in [0.1, 0.15) is 25.7 Å². The van der Waals surface area contributed by atoms with E-state index >= 15 is 0 Å². The quantitative estimate of drug-likeness (QED) is 0.482. The van der Waals surface area contributed by atoms with E-state index in [1.807, 2.05) is 36.4 Å². The first-order chi connectivity index (χ1) is 12.2. The lowest BCUT2D eigenvalue weighted by Crippen LogP contribution is -2.31. The molecule has 1 aliphatic heterocycles. The zero-order chi connectivity index (χ0) is 17.5. The van der Waals surface area contributed by atoms with Crippen LogP contribution >= 0.6 is 47.4 Å². The van der Waals surface area contributed by atoms with Gasteiger partial charge in [-0.15, -0.1) is 12.4 Å². The van der Waals surface area contributed by atoms with Gasteiger partial charge >= 0.3 is 0 Å². The van der Waals surface area contributed by atoms with Crippen LogP contribution in [0.4, 0.5) is 5.69 Å². The van der Waals surface area contributed by atoms with E-state index < -0.39 is 0 Å². The monoisotopic (exact) mass is 430 g/mol. The average molecular weight is 432 g/mol. The molecular formula is C20H25Cl3N2S. The smallest absolute Gasteiger partial charge is 0.0496 e. The number of halogens is 3. The number of anilines is 1. The predicted octanol–water partition coefficient (Wildman–Crippen LogP) is 6.85. The molecule has 0 saturated carbocycles. The summed E-state index contributed by atoms with van der Waals surface area (Å²) in [5.41, 5.74) is 1.10. The highest BCUT2D eigenvalue weighted by Crippen LogP contribution is 2.35. The first-order valence-electron chi connectivity index (χ1n) is 8.90. The molecule has 26 heavy (non-hydrogen) atoms. The van der Waals surface area contributed by atoms with Crippen molar-refractivity contribution in [3.8, 4) is 0 Å². The number of hydrogen-bond donors (Lipinski definition) is 1. The van der Waals surface area contributed by atoms with Crippen molar-refractivity contribution in [2.24, 2.45) is 0 Å². The van der Waals surface area contributed by atoms with Crippen molar-refractivity contribution in [2.75, 3.05) is 31.5 Å². The fraction of sp³-hybridized carbons (Fsp3) is 0.400. The van der Waals surface area contributed by atoms with Crippen LogP contribution in [0.25, 0.3) is 0 Å². The Morgan fingerprint density at radius 2 is 1.62 bits per heavy atom. The Labute approximate surface area is 177 Å². The van der Waals surface area contributed by atoms with E-state index in [0.29, 0.717) is 0 Å². The number of nitrogens with zero attached hydrogens (tertiary/aromatic N) is 1. The molecule has 1 fully saturated rings. The molecule has 0 spiro atoms. The number of likely N-dealkylation sites (tertiary alicyclic amines) is 1. The zero-order valence-corrected chi connectivity index (χ0v) is 17.9. The Morgan fingerprint density at radius 3 is 2.35 bits per heavy atom. The number of rotatable bonds is 7. The number of hydrogen-bond acceptors (Lipinski definition) is 3. The highest BCUT2D eigenvalue weighted by Gasteiger charge is 2.10. The highest BCUT2D eigenvalue weighted by molar-refractivity contribution is 7.99. The molecule has 0 amide bonds. The van der Waals surface area contributed by atoms with Gasteiger partial charge in [0.25, 0.3) is 0 Å². The Hall–Kier alpha value is -0.580. The van der Waals surface area contributed by atoms with Gasteiger partial charge in [-0.2, -0.15) is 0 Å². The molecule has 0 aliphatic carbocycles. The second-order valence-corrected chi connectivity index (χ2v) is 8.37. The third kappa shape index (κ3) is 6.86. The lowest BCUT2D eigenvalue weighted by atomic mass is 10.1. The fourth-order valence-electron chi connectivity index (χ4n) is 3.07. The third-order valence-corrected chi connectivity index (χ3v) is 5.97. The van der Waals surface area contributed by atoms with Crippen LogP contribution in [-0.2, 0) is 0 Å². The van der Waals surface area contributed by atoms with Gasteiger partial charge in [-0.05, 0) is 81.4 Å². The molecule has 2 aromatic carbocycles. The molecular weight excluding hydrogens is 407 g/mol. The molecule has 1 heterocycles. The molecule has 0 unspecified atom stereocenters. The topological polar surface area (TPSA) is 15.3 Å². The van der Waals surface area contributed by atoms with Crippen molar-refractivity contribution >= 4 is 53.1 Å². The summed E-state index contributed by atoms with van der Waals surface area (Å²) in [5.74, 6) is 0. The molecule has 1 aliphatic rings. The van der Waals surface area contributed by atoms with Gasteiger partial charge in [0, 0.05) is 32.1 Å². The predicted molar refractivity (Wildman–Crippen MR) is 118 cm³/mol. The van der Waals surface area contributed by atoms with E-state index in [2.05, 4.69) is 16.3 Å². The summed E-state index contributed by atoms with van der Waals surface area (Å²) in [6, 6.07) is 14.0. The van der Waals surface area contributed by atoms with Crippen LogP contribution in [0.3, 0.4) is 0 Å². The summed E-state index contributed by atoms with van der Waals surface area (Å²) in [5, 5.41) is 5.09. The summed E-state index contributed by atoms with van der Waals surface area (Å²) in [6.45, 7) is 4.65. The fourth-order valence-corrected chi connectivity index (χ4v) is 4.27. The van der Waals surface area contributed by atoms with Crippen molar-refractivity contribution in [3.05, 3.63) is 52.5 Å². The van der Waals surface area contributed by atoms with Gasteiger partial charge in [-0.1, -0.05) is 41.4 Å². The van der Waals surface area contributed by atoms with Gasteiger partial charge in [0.1, 0.15) is 0 Å². The Morgan fingerprint density at radius 1 is 0.923 bits per heavy atom. The summed E-state index contributed by atoms with van der Waals surface area (Å²) >= 11 is 13.9. The molecule has 142 valence electrons. The molecule has 1 saturated heterocycles. The first kappa shape index (κ1) is 21.7. The minimum absolute atomic E-state index is 0. The van der Waals surface area contributed by atoms with E-state index in [4.69, 9.17) is 23.2 Å². The van der Waals surface area contributed by atoms with Crippen LogP contribution in [0.15, 0.2) is 52.3 Å². The molecule has 0 radical (unpaired) electrons. The summed E-state index contributed by atoms with van der Waals surface area (Å²) in [4.78, 5) is 4.93. The van der Waals surface area contributed by atoms with E-state index in [-0.39, 0.29) is 12.4 Å². The largest absolute Gasteiger partial charge is 0.384 e. The van der Waals surface area contributed by atoms with Crippen LogP contribution in [0.2, 0.25) is 10.0 Å². The SMILES string of the molecule is Cl.Clc1ccc(Sc2ccc(Cl)cc2NCCCN2CCCCC2)cc1. The van der Waals surface area contributed by atoms with Gasteiger partial charge in [-0.25, -0.2) is 0 Å². The first-order valence-corrected chi connectivity index (χ1v) is 10.5. The average Bonchev–Trinajstić information content (AvgIpc) is 2.63. The van der Waals surface area contributed by atoms with Gasteiger partial charge in [0.05, 0.1) is 0 Å². The maximum absolute atomic E-state index is 6.20. The van der Waals surface area contributed by atoms with E-state index in [0.717, 1.165) is 28.7 Å². The Balaban J connectivity index is 0.00000243. The highest BCUT2D eigenvalue weighted by atomic mass is 35.5. The van der Waals surface area contributed by atoms with Crippen LogP contribution in [0, 0.1) is 0 Å². The maximum atomic E-state index is 6.20. The number of benzene rings is 2. The molecule has 1 N–H and O–H groups in total. The molecule has 0 bridgehead atoms. The van der Waals surface area contributed by atoms with Crippen molar-refractivity contribution in [1.82, 2.24) is 4.90 Å². The molecule has 3 rings (SSSR count). The van der Waals surface area contributed by atoms with Gasteiger partial charge in [0.2, 0.25) is 0 Å². The minimum atomic E-state index is 0. The van der Waals surface area contributed by atoms with Crippen LogP contribution in [0.5, 0.6) is 0 Å². The van der Waals surface area contributed by atoms with E-state index in [1.165, 1.54) is 48.7 Å². The van der Waals surface area contributed by atoms with Crippen LogP contribution in [-0.4, -0.2) is 31.1 Å². The number of nitrogens with one attached hydrogen (secondary N) is 1. The standard InChI is InChI=1S/C20H24Cl2N2S.ClH/c21-16-5-8-18(9-6-16)25-20-10-7-17(22)15-19(20)23-11-4-14-24-12-2-1-3-13-24;/h5-10,15,23H,1-4,11-14H2;1H. The van der Waals surface area contributed by atoms with E-state index in [9.17, 15) is 0 Å². The van der Waals surface area contributed by atoms with Crippen LogP contribution < -0.4 is 5.32 Å². The van der Waals surface area contributed by atoms with Gasteiger partial charge in [-0.3, -0.25) is 0 Å². The third-order valence-electron chi connectivity index (χ3n) is 4.40. The molecule has 0 aromatic heterocycles. The van der Waals surface area contributed by atoms with Gasteiger partial charge in [0.15, 0.2) is 0 Å². The molecule has 2 aromatic rings. The number of piperidine rings is 1. The lowest BCUT2D eigenvalue weighted by Gasteiger charge is -2.26. The Kier molecular flexibility index (Phi) is 9.44. The van der Waals surface area contributed by atoms with Gasteiger partial charge < -0.3 is 10.2 Å². The van der Waals surface area contributed by atoms with Crippen molar-refractivity contribution in [1.29, 1.82) is 0 Å². The van der Waals surface area contributed by atoms with E-state index in [1.54, 1.807) is 11.8 Å². The van der Waals surface area contributed by atoms with Crippen molar-refractivity contribution in [3.63, 3.8) is 0 Å². The molecule has 6 heteroatoms. The summed E-state index contributed by atoms with van der Waals surface area (Å²) in [7, 11) is 0. The second-order valence-electron chi connectivity index (χ2n) is 6.38. The van der Waals surface area contributed by atoms with Crippen molar-refractivity contribution < 1.29 is 0 Å². The summed E-state index contributed by atoms with van der Waals surface area (Å²) in [6.07, 6.45) is 5.24.